The third-order valence-corrected chi connectivity index (χ3v) is 4.16. The number of hydrogen-bond donors (Lipinski definition) is 1. The molecule has 0 aliphatic carbocycles. The van der Waals surface area contributed by atoms with E-state index in [9.17, 15) is 0 Å². The van der Waals surface area contributed by atoms with Crippen molar-refractivity contribution in [2.24, 2.45) is 5.73 Å². The summed E-state index contributed by atoms with van der Waals surface area (Å²) in [7, 11) is 0. The normalized spacial score (nSPS) is 20.5. The first-order valence-corrected chi connectivity index (χ1v) is 8.20. The summed E-state index contributed by atoms with van der Waals surface area (Å²) < 4.78 is 18.4. The zero-order chi connectivity index (χ0) is 15.5. The molecule has 0 amide bonds. The fraction of sp³-hybridized carbons (Fsp3) is 0.625. The summed E-state index contributed by atoms with van der Waals surface area (Å²) >= 11 is 3.54. The van der Waals surface area contributed by atoms with Crippen molar-refractivity contribution in [3.05, 3.63) is 22.2 Å². The van der Waals surface area contributed by atoms with Crippen LogP contribution in [0.5, 0.6) is 11.5 Å². The predicted octanol–water partition coefficient (Wildman–Crippen LogP) is 3.64. The van der Waals surface area contributed by atoms with Gasteiger partial charge in [-0.05, 0) is 67.2 Å². The molecule has 1 atom stereocenters. The Bertz CT molecular complexity index is 491. The largest absolute Gasteiger partial charge is 0.490 e. The molecule has 0 bridgehead atoms. The van der Waals surface area contributed by atoms with Crippen molar-refractivity contribution in [2.75, 3.05) is 13.2 Å². The van der Waals surface area contributed by atoms with Crippen molar-refractivity contribution >= 4 is 15.9 Å². The van der Waals surface area contributed by atoms with E-state index in [1.54, 1.807) is 0 Å². The van der Waals surface area contributed by atoms with Gasteiger partial charge < -0.3 is 19.9 Å². The Balaban J connectivity index is 2.08. The molecule has 1 heterocycles. The average molecular weight is 358 g/mol. The number of nitrogens with two attached hydrogens (primary N) is 1. The van der Waals surface area contributed by atoms with Gasteiger partial charge in [-0.3, -0.25) is 0 Å². The van der Waals surface area contributed by atoms with Crippen LogP contribution in [0, 0.1) is 0 Å². The number of ether oxygens (including phenoxy) is 3. The standard InChI is InChI=1S/C16H24BrNO3/c1-4-19-14-8-11(9-18)7-13(17)15(14)20-10-12-5-6-16(2,3)21-12/h7-8,12H,4-6,9-10,18H2,1-3H3. The van der Waals surface area contributed by atoms with Crippen LogP contribution in [0.2, 0.25) is 0 Å². The van der Waals surface area contributed by atoms with Gasteiger partial charge in [0, 0.05) is 6.54 Å². The van der Waals surface area contributed by atoms with E-state index in [4.69, 9.17) is 19.9 Å². The molecule has 1 unspecified atom stereocenters. The summed E-state index contributed by atoms with van der Waals surface area (Å²) in [6.07, 6.45) is 2.22. The number of benzene rings is 1. The quantitative estimate of drug-likeness (QED) is 0.844. The van der Waals surface area contributed by atoms with Crippen molar-refractivity contribution in [2.45, 2.75) is 51.9 Å². The van der Waals surface area contributed by atoms with Crippen LogP contribution in [0.25, 0.3) is 0 Å². The molecule has 1 aromatic carbocycles. The van der Waals surface area contributed by atoms with Gasteiger partial charge in [-0.25, -0.2) is 0 Å². The molecular formula is C16H24BrNO3. The molecule has 4 nitrogen and oxygen atoms in total. The van der Waals surface area contributed by atoms with E-state index in [2.05, 4.69) is 29.8 Å². The molecule has 2 N–H and O–H groups in total. The van der Waals surface area contributed by atoms with Gasteiger partial charge >= 0.3 is 0 Å². The second-order valence-corrected chi connectivity index (χ2v) is 6.75. The van der Waals surface area contributed by atoms with Crippen molar-refractivity contribution in [3.8, 4) is 11.5 Å². The zero-order valence-corrected chi connectivity index (χ0v) is 14.5. The molecule has 1 aliphatic heterocycles. The maximum atomic E-state index is 5.96. The monoisotopic (exact) mass is 357 g/mol. The van der Waals surface area contributed by atoms with Crippen LogP contribution in [-0.4, -0.2) is 24.9 Å². The molecule has 1 fully saturated rings. The fourth-order valence-electron chi connectivity index (χ4n) is 2.51. The fourth-order valence-corrected chi connectivity index (χ4v) is 3.12. The highest BCUT2D eigenvalue weighted by Crippen LogP contribution is 2.38. The molecule has 1 aliphatic rings. The molecule has 0 saturated carbocycles. The summed E-state index contributed by atoms with van der Waals surface area (Å²) in [4.78, 5) is 0. The Hall–Kier alpha value is -0.780. The van der Waals surface area contributed by atoms with Crippen molar-refractivity contribution in [3.63, 3.8) is 0 Å². The Morgan fingerprint density at radius 1 is 1.38 bits per heavy atom. The summed E-state index contributed by atoms with van der Waals surface area (Å²) in [6, 6.07) is 3.90. The lowest BCUT2D eigenvalue weighted by Crippen LogP contribution is -2.24. The van der Waals surface area contributed by atoms with Gasteiger partial charge in [-0.15, -0.1) is 0 Å². The van der Waals surface area contributed by atoms with Crippen LogP contribution in [-0.2, 0) is 11.3 Å². The van der Waals surface area contributed by atoms with Crippen LogP contribution in [0.1, 0.15) is 39.2 Å². The van der Waals surface area contributed by atoms with E-state index in [1.165, 1.54) is 0 Å². The lowest BCUT2D eigenvalue weighted by molar-refractivity contribution is -0.0330. The second-order valence-electron chi connectivity index (χ2n) is 5.89. The smallest absolute Gasteiger partial charge is 0.175 e. The summed E-state index contributed by atoms with van der Waals surface area (Å²) in [5.41, 5.74) is 6.67. The van der Waals surface area contributed by atoms with Crippen LogP contribution in [0.4, 0.5) is 0 Å². The first-order chi connectivity index (χ1) is 9.95. The Kier molecular flexibility index (Phi) is 5.52. The number of halogens is 1. The summed E-state index contributed by atoms with van der Waals surface area (Å²) in [6.45, 7) is 7.78. The third-order valence-electron chi connectivity index (χ3n) is 3.57. The summed E-state index contributed by atoms with van der Waals surface area (Å²) in [5.74, 6) is 1.45. The van der Waals surface area contributed by atoms with Crippen molar-refractivity contribution in [1.29, 1.82) is 0 Å². The van der Waals surface area contributed by atoms with Crippen molar-refractivity contribution in [1.82, 2.24) is 0 Å². The highest BCUT2D eigenvalue weighted by molar-refractivity contribution is 9.10. The maximum Gasteiger partial charge on any atom is 0.175 e. The van der Waals surface area contributed by atoms with Gasteiger partial charge in [0.25, 0.3) is 0 Å². The zero-order valence-electron chi connectivity index (χ0n) is 12.9. The van der Waals surface area contributed by atoms with Gasteiger partial charge in [0.1, 0.15) is 6.61 Å². The molecule has 0 aromatic heterocycles. The Labute approximate surface area is 135 Å². The minimum Gasteiger partial charge on any atom is -0.490 e. The molecular weight excluding hydrogens is 334 g/mol. The SMILES string of the molecule is CCOc1cc(CN)cc(Br)c1OCC1CCC(C)(C)O1. The minimum absolute atomic E-state index is 0.0442. The maximum absolute atomic E-state index is 5.96. The van der Waals surface area contributed by atoms with E-state index in [0.717, 1.165) is 34.4 Å². The second kappa shape index (κ2) is 6.99. The van der Waals surface area contributed by atoms with E-state index in [1.807, 2.05) is 19.1 Å². The van der Waals surface area contributed by atoms with E-state index < -0.39 is 0 Å². The molecule has 0 radical (unpaired) electrons. The van der Waals surface area contributed by atoms with Crippen LogP contribution in [0.15, 0.2) is 16.6 Å². The first-order valence-electron chi connectivity index (χ1n) is 7.41. The molecule has 21 heavy (non-hydrogen) atoms. The molecule has 1 aromatic rings. The number of hydrogen-bond acceptors (Lipinski definition) is 4. The molecule has 5 heteroatoms. The lowest BCUT2D eigenvalue weighted by Gasteiger charge is -2.20. The van der Waals surface area contributed by atoms with Gasteiger partial charge in [0.2, 0.25) is 0 Å². The topological polar surface area (TPSA) is 53.7 Å². The first kappa shape index (κ1) is 16.6. The van der Waals surface area contributed by atoms with Gasteiger partial charge in [0.05, 0.1) is 22.8 Å². The Morgan fingerprint density at radius 2 is 2.14 bits per heavy atom. The van der Waals surface area contributed by atoms with Crippen molar-refractivity contribution < 1.29 is 14.2 Å². The predicted molar refractivity (Wildman–Crippen MR) is 86.9 cm³/mol. The van der Waals surface area contributed by atoms with Crippen LogP contribution < -0.4 is 15.2 Å². The van der Waals surface area contributed by atoms with E-state index in [0.29, 0.717) is 19.8 Å². The third kappa shape index (κ3) is 4.34. The highest BCUT2D eigenvalue weighted by atomic mass is 79.9. The number of rotatable bonds is 6. The highest BCUT2D eigenvalue weighted by Gasteiger charge is 2.32. The molecule has 118 valence electrons. The lowest BCUT2D eigenvalue weighted by atomic mass is 10.1. The summed E-state index contributed by atoms with van der Waals surface area (Å²) in [5, 5.41) is 0. The van der Waals surface area contributed by atoms with Gasteiger partial charge in [0.15, 0.2) is 11.5 Å². The van der Waals surface area contributed by atoms with Crippen LogP contribution in [0.3, 0.4) is 0 Å². The average Bonchev–Trinajstić information content (AvgIpc) is 2.77. The van der Waals surface area contributed by atoms with Crippen LogP contribution >= 0.6 is 15.9 Å². The molecule has 2 rings (SSSR count). The van der Waals surface area contributed by atoms with Gasteiger partial charge in [-0.1, -0.05) is 0 Å². The van der Waals surface area contributed by atoms with E-state index >= 15 is 0 Å². The van der Waals surface area contributed by atoms with E-state index in [-0.39, 0.29) is 11.7 Å². The minimum atomic E-state index is -0.0442. The molecule has 0 spiro atoms. The Morgan fingerprint density at radius 3 is 2.71 bits per heavy atom. The molecule has 1 saturated heterocycles. The van der Waals surface area contributed by atoms with Gasteiger partial charge in [-0.2, -0.15) is 0 Å².